The summed E-state index contributed by atoms with van der Waals surface area (Å²) in [7, 11) is 2.37. The van der Waals surface area contributed by atoms with Gasteiger partial charge < -0.3 is 47.2 Å². The summed E-state index contributed by atoms with van der Waals surface area (Å²) in [4.78, 5) is 49.4. The van der Waals surface area contributed by atoms with Gasteiger partial charge >= 0.3 is 19.1 Å². The summed E-state index contributed by atoms with van der Waals surface area (Å²) in [5.41, 5.74) is 0.0625. The molecule has 2 aromatic heterocycles. The molecule has 20 heteroatoms. The first-order valence-electron chi connectivity index (χ1n) is 26.9. The Morgan fingerprint density at radius 3 is 1.49 bits per heavy atom. The highest BCUT2D eigenvalue weighted by molar-refractivity contribution is 9.10. The lowest BCUT2D eigenvalue weighted by atomic mass is 9.88. The summed E-state index contributed by atoms with van der Waals surface area (Å²) < 4.78 is 85.3. The number of carbonyl (C=O) groups is 4. The standard InChI is InChI=1S/C28H29FO6S.C18H31BO6.C16H10BrFO2S/c1-28(2)34-23(8-6-10-26(31)32-3)24(35-28)16-15-21-20-7-4-5-9-25(20)36-27(21)22(30)17-33-19-13-11-18(29)12-14-19;1-16(2)17(3,4)25-19(24-16)12-11-14-13(22-18(5,6)23-14)9-8-10-15(20)21-7;17-15-12-3-1-2-4-14(12)21-16(15)13(19)9-20-11-7-5-10(18)6-8-11/h4-5,7,9,11-16,23-24H,6,8,10,17H2,1-3H3;11-14H,8-10H2,1-7H3;1-8H,9H2/b16-15+;12-11+;/t23-,24+;13-,14+;/m00./s1. The van der Waals surface area contributed by atoms with E-state index in [0.29, 0.717) is 53.4 Å². The van der Waals surface area contributed by atoms with Crippen LogP contribution in [0.25, 0.3) is 26.2 Å². The molecule has 6 aromatic rings. The van der Waals surface area contributed by atoms with Gasteiger partial charge in [-0.15, -0.1) is 22.7 Å². The average Bonchev–Trinajstić information content (AvgIpc) is 4.43. The minimum absolute atomic E-state index is 0.0724. The van der Waals surface area contributed by atoms with Crippen LogP contribution in [-0.2, 0) is 47.3 Å². The molecule has 3 fully saturated rings. The minimum Gasteiger partial charge on any atom is -0.485 e. The van der Waals surface area contributed by atoms with E-state index in [2.05, 4.69) is 20.7 Å². The smallest absolute Gasteiger partial charge is 0.485 e. The van der Waals surface area contributed by atoms with Crippen LogP contribution in [0.15, 0.2) is 120 Å². The van der Waals surface area contributed by atoms with E-state index >= 15 is 0 Å². The summed E-state index contributed by atoms with van der Waals surface area (Å²) in [5, 5.41) is 1.98. The van der Waals surface area contributed by atoms with Crippen LogP contribution < -0.4 is 9.47 Å². The van der Waals surface area contributed by atoms with Gasteiger partial charge in [-0.05, 0) is 158 Å². The van der Waals surface area contributed by atoms with Crippen molar-refractivity contribution in [3.8, 4) is 11.5 Å². The van der Waals surface area contributed by atoms with E-state index < -0.39 is 18.7 Å². The second-order valence-electron chi connectivity index (χ2n) is 21.5. The first-order valence-corrected chi connectivity index (χ1v) is 29.4. The van der Waals surface area contributed by atoms with Crippen molar-refractivity contribution in [2.45, 2.75) is 141 Å². The number of rotatable bonds is 20. The molecule has 14 nitrogen and oxygen atoms in total. The quantitative estimate of drug-likeness (QED) is 0.0403. The topological polar surface area (TPSA) is 161 Å². The number of fused-ring (bicyclic) bond motifs is 2. The fourth-order valence-corrected chi connectivity index (χ4v) is 12.2. The Labute approximate surface area is 494 Å². The Bertz CT molecular complexity index is 3190. The van der Waals surface area contributed by atoms with Gasteiger partial charge in [0.2, 0.25) is 11.6 Å². The van der Waals surface area contributed by atoms with Gasteiger partial charge in [0.05, 0.1) is 47.4 Å². The van der Waals surface area contributed by atoms with E-state index in [1.807, 2.05) is 128 Å². The van der Waals surface area contributed by atoms with Crippen LogP contribution in [0.2, 0.25) is 0 Å². The number of hydrogen-bond acceptors (Lipinski definition) is 16. The lowest BCUT2D eigenvalue weighted by molar-refractivity contribution is -0.145. The molecule has 4 atom stereocenters. The van der Waals surface area contributed by atoms with E-state index in [1.165, 1.54) is 85.4 Å². The third-order valence-electron chi connectivity index (χ3n) is 13.9. The third kappa shape index (κ3) is 17.5. The van der Waals surface area contributed by atoms with Gasteiger partial charge in [-0.3, -0.25) is 19.2 Å². The Hall–Kier alpha value is -5.68. The van der Waals surface area contributed by atoms with Gasteiger partial charge in [-0.2, -0.15) is 0 Å². The normalized spacial score (nSPS) is 20.3. The molecular weight excluding hydrogens is 1160 g/mol. The van der Waals surface area contributed by atoms with Crippen molar-refractivity contribution in [3.63, 3.8) is 0 Å². The summed E-state index contributed by atoms with van der Waals surface area (Å²) in [6.07, 6.45) is 8.25. The number of halogens is 3. The number of carbonyl (C=O) groups excluding carboxylic acids is 4. The molecule has 0 N–H and O–H groups in total. The highest BCUT2D eigenvalue weighted by atomic mass is 79.9. The average molecular weight is 1230 g/mol. The number of ether oxygens (including phenoxy) is 8. The van der Waals surface area contributed by atoms with Crippen LogP contribution in [0.5, 0.6) is 11.5 Å². The maximum atomic E-state index is 13.2. The van der Waals surface area contributed by atoms with Crippen molar-refractivity contribution in [2.24, 2.45) is 0 Å². The molecule has 3 saturated heterocycles. The molecule has 0 amide bonds. The van der Waals surface area contributed by atoms with Gasteiger partial charge in [0.25, 0.3) is 0 Å². The number of hydrogen-bond donors (Lipinski definition) is 0. The summed E-state index contributed by atoms with van der Waals surface area (Å²) >= 11 is 6.31. The summed E-state index contributed by atoms with van der Waals surface area (Å²) in [6.45, 7) is 15.4. The molecular formula is C62H70BBrF2O14S2. The molecule has 9 rings (SSSR count). The fourth-order valence-electron chi connectivity index (χ4n) is 9.08. The van der Waals surface area contributed by atoms with E-state index in [4.69, 9.17) is 42.5 Å². The number of thiophene rings is 2. The van der Waals surface area contributed by atoms with E-state index in [0.717, 1.165) is 36.6 Å². The molecule has 3 aliphatic rings. The number of benzene rings is 4. The SMILES string of the molecule is COC(=O)CCC[C@@H]1OC(C)(C)O[C@@H]1/C=C/B1OC(C)(C)C(C)(C)O1.COC(=O)CCC[C@@H]1OC(C)(C)O[C@@H]1/C=C/c1c(C(=O)COc2ccc(F)cc2)sc2ccccc12.O=C(COc1ccc(F)cc1)c1sc2ccccc2c1Br. The maximum absolute atomic E-state index is 13.2. The van der Waals surface area contributed by atoms with Crippen LogP contribution in [0.4, 0.5) is 8.78 Å². The van der Waals surface area contributed by atoms with Gasteiger partial charge in [-0.1, -0.05) is 60.6 Å². The number of Topliss-reactive ketones (excluding diaryl/α,β-unsaturated/α-hetero) is 2. The van der Waals surface area contributed by atoms with Crippen LogP contribution >= 0.6 is 38.6 Å². The van der Waals surface area contributed by atoms with Crippen molar-refractivity contribution < 1.29 is 75.2 Å². The van der Waals surface area contributed by atoms with Crippen LogP contribution in [0.3, 0.4) is 0 Å². The van der Waals surface area contributed by atoms with Crippen LogP contribution in [0.1, 0.15) is 119 Å². The lowest BCUT2D eigenvalue weighted by Crippen LogP contribution is -2.41. The summed E-state index contributed by atoms with van der Waals surface area (Å²) in [5.74, 6) is -0.0526. The Balaban J connectivity index is 0.000000185. The molecule has 0 saturated carbocycles. The molecule has 0 radical (unpaired) electrons. The van der Waals surface area contributed by atoms with Crippen molar-refractivity contribution in [1.29, 1.82) is 0 Å². The lowest BCUT2D eigenvalue weighted by Gasteiger charge is -2.32. The molecule has 0 unspecified atom stereocenters. The molecule has 3 aliphatic heterocycles. The maximum Gasteiger partial charge on any atom is 0.486 e. The molecule has 5 heterocycles. The zero-order valence-electron chi connectivity index (χ0n) is 47.8. The van der Waals surface area contributed by atoms with Gasteiger partial charge in [0, 0.05) is 43.1 Å². The van der Waals surface area contributed by atoms with Gasteiger partial charge in [0.15, 0.2) is 24.8 Å². The molecule has 438 valence electrons. The van der Waals surface area contributed by atoms with Gasteiger partial charge in [0.1, 0.15) is 35.3 Å². The van der Waals surface area contributed by atoms with Crippen molar-refractivity contribution in [1.82, 2.24) is 0 Å². The third-order valence-corrected chi connectivity index (χ3v) is 17.4. The van der Waals surface area contributed by atoms with Crippen molar-refractivity contribution in [2.75, 3.05) is 27.4 Å². The Kier molecular flexibility index (Phi) is 22.0. The second kappa shape index (κ2) is 28.3. The van der Waals surface area contributed by atoms with E-state index in [-0.39, 0.29) is 84.0 Å². The molecule has 4 aromatic carbocycles. The van der Waals surface area contributed by atoms with Crippen LogP contribution in [-0.4, -0.2) is 105 Å². The molecule has 0 spiro atoms. The zero-order valence-corrected chi connectivity index (χ0v) is 51.0. The monoisotopic (exact) mass is 1230 g/mol. The minimum atomic E-state index is -0.761. The predicted octanol–water partition coefficient (Wildman–Crippen LogP) is 14.3. The first kappa shape index (κ1) is 63.9. The highest BCUT2D eigenvalue weighted by Crippen LogP contribution is 2.40. The predicted molar refractivity (Wildman–Crippen MR) is 317 cm³/mol. The van der Waals surface area contributed by atoms with Crippen molar-refractivity contribution in [3.05, 3.63) is 147 Å². The molecule has 0 bridgehead atoms. The van der Waals surface area contributed by atoms with Gasteiger partial charge in [-0.25, -0.2) is 8.78 Å². The number of esters is 2. The largest absolute Gasteiger partial charge is 0.486 e. The molecule has 0 aliphatic carbocycles. The Morgan fingerprint density at radius 1 is 0.585 bits per heavy atom. The van der Waals surface area contributed by atoms with E-state index in [9.17, 15) is 28.0 Å². The number of ketones is 2. The second-order valence-corrected chi connectivity index (χ2v) is 24.4. The zero-order chi connectivity index (χ0) is 59.4. The summed E-state index contributed by atoms with van der Waals surface area (Å²) in [6, 6.07) is 26.8. The fraction of sp³-hybridized carbons (Fsp3) is 0.419. The van der Waals surface area contributed by atoms with Crippen LogP contribution in [0, 0.1) is 11.6 Å². The number of methoxy groups -OCH3 is 2. The highest BCUT2D eigenvalue weighted by Gasteiger charge is 2.50. The Morgan fingerprint density at radius 2 is 1.01 bits per heavy atom. The van der Waals surface area contributed by atoms with E-state index in [1.54, 1.807) is 0 Å². The van der Waals surface area contributed by atoms with Crippen molar-refractivity contribution >= 4 is 95.5 Å². The first-order chi connectivity index (χ1) is 38.9. The molecule has 82 heavy (non-hydrogen) atoms.